The second kappa shape index (κ2) is 7.24. The molecule has 0 spiro atoms. The monoisotopic (exact) mass is 394 g/mol. The number of nitrogens with one attached hydrogen (secondary N) is 1. The second-order valence-corrected chi connectivity index (χ2v) is 7.67. The quantitative estimate of drug-likeness (QED) is 0.790. The molecule has 0 aromatic heterocycles. The van der Waals surface area contributed by atoms with Crippen molar-refractivity contribution in [3.05, 3.63) is 70.8 Å². The molecule has 1 aliphatic heterocycles. The zero-order chi connectivity index (χ0) is 19.8. The molecule has 4 rings (SSSR count). The molecule has 28 heavy (non-hydrogen) atoms. The van der Waals surface area contributed by atoms with Gasteiger partial charge in [-0.25, -0.2) is 0 Å². The van der Waals surface area contributed by atoms with Crippen molar-refractivity contribution in [1.29, 1.82) is 0 Å². The Bertz CT molecular complexity index is 980. The summed E-state index contributed by atoms with van der Waals surface area (Å²) in [5, 5.41) is 3.46. The minimum absolute atomic E-state index is 0.202. The first kappa shape index (κ1) is 18.4. The highest BCUT2D eigenvalue weighted by atomic mass is 35.5. The zero-order valence-electron chi connectivity index (χ0n) is 15.3. The number of carbonyl (C=O) groups excluding carboxylic acids is 3. The highest BCUT2D eigenvalue weighted by Crippen LogP contribution is 2.40. The normalized spacial score (nSPS) is 21.4. The second-order valence-electron chi connectivity index (χ2n) is 7.18. The number of hydrogen-bond donors (Lipinski definition) is 1. The first-order chi connectivity index (χ1) is 13.4. The average Bonchev–Trinajstić information content (AvgIpc) is 2.93. The summed E-state index contributed by atoms with van der Waals surface area (Å²) < 4.78 is 0. The first-order valence-corrected chi connectivity index (χ1v) is 9.52. The van der Waals surface area contributed by atoms with Gasteiger partial charge in [-0.2, -0.15) is 0 Å². The van der Waals surface area contributed by atoms with E-state index >= 15 is 0 Å². The Balaban J connectivity index is 1.50. The van der Waals surface area contributed by atoms with E-state index in [1.807, 2.05) is 37.3 Å². The predicted molar refractivity (Wildman–Crippen MR) is 108 cm³/mol. The summed E-state index contributed by atoms with van der Waals surface area (Å²) >= 11 is 6.06. The van der Waals surface area contributed by atoms with Crippen molar-refractivity contribution in [1.82, 2.24) is 0 Å². The molecule has 1 heterocycles. The summed E-state index contributed by atoms with van der Waals surface area (Å²) in [7, 11) is 0. The zero-order valence-corrected chi connectivity index (χ0v) is 16.1. The van der Waals surface area contributed by atoms with Gasteiger partial charge in [0.05, 0.1) is 17.5 Å². The number of allylic oxidation sites excluding steroid dienone is 2. The lowest BCUT2D eigenvalue weighted by Crippen LogP contribution is -2.30. The third-order valence-electron chi connectivity index (χ3n) is 5.27. The summed E-state index contributed by atoms with van der Waals surface area (Å²) in [6.07, 6.45) is 2.71. The molecule has 0 bridgehead atoms. The average molecular weight is 395 g/mol. The van der Waals surface area contributed by atoms with Crippen LogP contribution in [0, 0.1) is 18.8 Å². The minimum atomic E-state index is -0.394. The number of halogens is 1. The fraction of sp³-hybridized carbons (Fsp3) is 0.227. The molecule has 0 unspecified atom stereocenters. The fourth-order valence-corrected chi connectivity index (χ4v) is 3.94. The Morgan fingerprint density at radius 2 is 1.64 bits per heavy atom. The smallest absolute Gasteiger partial charge is 0.255 e. The van der Waals surface area contributed by atoms with Crippen LogP contribution in [0.4, 0.5) is 11.4 Å². The number of fused-ring (bicyclic) bond motifs is 1. The Morgan fingerprint density at radius 1 is 1.00 bits per heavy atom. The molecule has 142 valence electrons. The number of anilines is 2. The Morgan fingerprint density at radius 3 is 2.32 bits per heavy atom. The summed E-state index contributed by atoms with van der Waals surface area (Å²) in [5.74, 6) is -1.42. The number of hydrogen-bond acceptors (Lipinski definition) is 3. The number of imide groups is 1. The maximum atomic E-state index is 12.7. The van der Waals surface area contributed by atoms with Gasteiger partial charge in [0.2, 0.25) is 11.8 Å². The molecule has 1 aliphatic carbocycles. The molecule has 2 aromatic carbocycles. The number of carbonyl (C=O) groups is 3. The van der Waals surface area contributed by atoms with Crippen molar-refractivity contribution in [2.75, 3.05) is 10.2 Å². The molecule has 0 radical (unpaired) electrons. The summed E-state index contributed by atoms with van der Waals surface area (Å²) in [6, 6.07) is 14.0. The number of amides is 3. The van der Waals surface area contributed by atoms with Crippen molar-refractivity contribution in [3.8, 4) is 0 Å². The molecule has 6 heteroatoms. The van der Waals surface area contributed by atoms with Crippen LogP contribution in [0.2, 0.25) is 0 Å². The van der Waals surface area contributed by atoms with Crippen LogP contribution in [-0.4, -0.2) is 17.7 Å². The Kier molecular flexibility index (Phi) is 4.77. The van der Waals surface area contributed by atoms with Gasteiger partial charge < -0.3 is 5.32 Å². The van der Waals surface area contributed by atoms with Crippen molar-refractivity contribution in [3.63, 3.8) is 0 Å². The van der Waals surface area contributed by atoms with E-state index < -0.39 is 5.92 Å². The molecular formula is C22H19ClN2O3. The largest absolute Gasteiger partial charge is 0.322 e. The van der Waals surface area contributed by atoms with Gasteiger partial charge in [0.1, 0.15) is 0 Å². The van der Waals surface area contributed by atoms with E-state index in [4.69, 9.17) is 11.6 Å². The van der Waals surface area contributed by atoms with E-state index in [1.165, 1.54) is 4.90 Å². The molecule has 0 saturated carbocycles. The lowest BCUT2D eigenvalue weighted by Gasteiger charge is -2.17. The molecule has 1 N–H and O–H groups in total. The van der Waals surface area contributed by atoms with Crippen LogP contribution in [0.5, 0.6) is 0 Å². The van der Waals surface area contributed by atoms with Gasteiger partial charge in [0, 0.05) is 16.3 Å². The molecule has 1 fully saturated rings. The minimum Gasteiger partial charge on any atom is -0.322 e. The molecule has 5 nitrogen and oxygen atoms in total. The van der Waals surface area contributed by atoms with Crippen molar-refractivity contribution in [2.45, 2.75) is 19.8 Å². The van der Waals surface area contributed by atoms with Crippen LogP contribution in [0.3, 0.4) is 0 Å². The maximum absolute atomic E-state index is 12.7. The third-order valence-corrected chi connectivity index (χ3v) is 5.57. The molecule has 3 amide bonds. The maximum Gasteiger partial charge on any atom is 0.255 e. The molecular weight excluding hydrogens is 376 g/mol. The Labute approximate surface area is 168 Å². The van der Waals surface area contributed by atoms with Crippen molar-refractivity contribution >= 4 is 40.7 Å². The van der Waals surface area contributed by atoms with Crippen LogP contribution in [-0.2, 0) is 9.59 Å². The highest BCUT2D eigenvalue weighted by Gasteiger charge is 2.48. The fourth-order valence-electron chi connectivity index (χ4n) is 3.68. The number of nitrogens with zero attached hydrogens (tertiary/aromatic N) is 1. The van der Waals surface area contributed by atoms with Crippen LogP contribution in [0.25, 0.3) is 0 Å². The van der Waals surface area contributed by atoms with Crippen LogP contribution in [0.15, 0.2) is 59.6 Å². The number of rotatable bonds is 3. The highest BCUT2D eigenvalue weighted by molar-refractivity contribution is 6.30. The Hall–Kier alpha value is -2.92. The number of aryl methyl sites for hydroxylation is 1. The van der Waals surface area contributed by atoms with Gasteiger partial charge in [-0.15, -0.1) is 0 Å². The predicted octanol–water partition coefficient (Wildman–Crippen LogP) is 4.27. The summed E-state index contributed by atoms with van der Waals surface area (Å²) in [6.45, 7) is 1.98. The molecule has 1 saturated heterocycles. The SMILES string of the molecule is Cc1ccc(NC(=O)c2ccc(N3C(=O)[C@H]4CC=C(Cl)C[C@H]4C3=O)cc2)cc1. The van der Waals surface area contributed by atoms with E-state index in [1.54, 1.807) is 24.3 Å². The van der Waals surface area contributed by atoms with Gasteiger partial charge in [-0.1, -0.05) is 35.4 Å². The topological polar surface area (TPSA) is 66.5 Å². The number of benzene rings is 2. The van der Waals surface area contributed by atoms with E-state index in [0.717, 1.165) is 5.56 Å². The first-order valence-electron chi connectivity index (χ1n) is 9.14. The van der Waals surface area contributed by atoms with Crippen molar-refractivity contribution < 1.29 is 14.4 Å². The van der Waals surface area contributed by atoms with E-state index in [9.17, 15) is 14.4 Å². The summed E-state index contributed by atoms with van der Waals surface area (Å²) in [4.78, 5) is 39.1. The molecule has 2 aromatic rings. The van der Waals surface area contributed by atoms with Gasteiger partial charge in [0.25, 0.3) is 5.91 Å². The lowest BCUT2D eigenvalue weighted by molar-refractivity contribution is -0.122. The van der Waals surface area contributed by atoms with Crippen LogP contribution >= 0.6 is 11.6 Å². The molecule has 2 aliphatic rings. The summed E-state index contributed by atoms with van der Waals surface area (Å²) in [5.41, 5.74) is 2.75. The third kappa shape index (κ3) is 3.34. The van der Waals surface area contributed by atoms with E-state index in [0.29, 0.717) is 34.8 Å². The van der Waals surface area contributed by atoms with Gasteiger partial charge in [-0.05, 0) is 56.2 Å². The van der Waals surface area contributed by atoms with Crippen LogP contribution < -0.4 is 10.2 Å². The molecule has 2 atom stereocenters. The van der Waals surface area contributed by atoms with Crippen molar-refractivity contribution in [2.24, 2.45) is 11.8 Å². The van der Waals surface area contributed by atoms with Gasteiger partial charge >= 0.3 is 0 Å². The lowest BCUT2D eigenvalue weighted by atomic mass is 9.85. The van der Waals surface area contributed by atoms with E-state index in [-0.39, 0.29) is 23.6 Å². The standard InChI is InChI=1S/C22H19ClN2O3/c1-13-2-7-16(8-3-13)24-20(26)14-4-9-17(10-5-14)25-21(27)18-11-6-15(23)12-19(18)22(25)28/h2-10,18-19H,11-12H2,1H3,(H,24,26)/t18-,19+/m0/s1. The van der Waals surface area contributed by atoms with Gasteiger partial charge in [0.15, 0.2) is 0 Å². The van der Waals surface area contributed by atoms with Gasteiger partial charge in [-0.3, -0.25) is 19.3 Å². The van der Waals surface area contributed by atoms with Crippen LogP contribution in [0.1, 0.15) is 28.8 Å². The van der Waals surface area contributed by atoms with E-state index in [2.05, 4.69) is 5.32 Å².